The molecule has 1 aliphatic heterocycles. The zero-order valence-corrected chi connectivity index (χ0v) is 19.4. The molecule has 11 heteroatoms. The Kier molecular flexibility index (Phi) is 5.42. The molecule has 0 spiro atoms. The first-order valence-corrected chi connectivity index (χ1v) is 12.4. The van der Waals surface area contributed by atoms with Crippen molar-refractivity contribution < 1.29 is 4.79 Å². The number of hydrogen-bond donors (Lipinski definition) is 1. The minimum Gasteiger partial charge on any atom is -0.336 e. The lowest BCUT2D eigenvalue weighted by molar-refractivity contribution is 0.0625. The second-order valence-electron chi connectivity index (χ2n) is 8.78. The molecule has 0 unspecified atom stereocenters. The summed E-state index contributed by atoms with van der Waals surface area (Å²) in [5.74, 6) is 0.691. The molecule has 6 rings (SSSR count). The zero-order chi connectivity index (χ0) is 23.1. The Morgan fingerprint density at radius 2 is 1.97 bits per heavy atom. The Bertz CT molecular complexity index is 1400. The van der Waals surface area contributed by atoms with Crippen molar-refractivity contribution in [3.8, 4) is 5.69 Å². The molecule has 1 amide bonds. The number of H-pyrrole nitrogens is 1. The fourth-order valence-electron chi connectivity index (χ4n) is 4.85. The fraction of sp³-hybridized carbons (Fsp3) is 0.391. The molecule has 1 aliphatic carbocycles. The van der Waals surface area contributed by atoms with Gasteiger partial charge in [-0.15, -0.1) is 16.4 Å². The van der Waals surface area contributed by atoms with E-state index in [0.717, 1.165) is 48.3 Å². The van der Waals surface area contributed by atoms with Crippen molar-refractivity contribution in [3.05, 3.63) is 62.8 Å². The average molecular weight is 477 g/mol. The van der Waals surface area contributed by atoms with Gasteiger partial charge in [0.2, 0.25) is 0 Å². The minimum atomic E-state index is -0.0179. The van der Waals surface area contributed by atoms with E-state index < -0.39 is 0 Å². The second-order valence-corrected chi connectivity index (χ2v) is 9.86. The van der Waals surface area contributed by atoms with Gasteiger partial charge < -0.3 is 9.88 Å². The molecule has 4 aromatic rings. The fourth-order valence-corrected chi connectivity index (χ4v) is 6.13. The molecule has 0 saturated carbocycles. The number of hydrogen-bond acceptors (Lipinski definition) is 8. The highest BCUT2D eigenvalue weighted by molar-refractivity contribution is 7.18. The van der Waals surface area contributed by atoms with E-state index in [9.17, 15) is 9.59 Å². The number of carbonyl (C=O) groups is 1. The van der Waals surface area contributed by atoms with Crippen LogP contribution in [0.3, 0.4) is 0 Å². The van der Waals surface area contributed by atoms with Crippen LogP contribution in [0.4, 0.5) is 0 Å². The maximum Gasteiger partial charge on any atom is 0.259 e. The van der Waals surface area contributed by atoms with Gasteiger partial charge in [-0.05, 0) is 59.9 Å². The van der Waals surface area contributed by atoms with E-state index in [2.05, 4.69) is 25.4 Å². The summed E-state index contributed by atoms with van der Waals surface area (Å²) in [5, 5.41) is 12.0. The highest BCUT2D eigenvalue weighted by Crippen LogP contribution is 2.33. The maximum absolute atomic E-state index is 13.1. The summed E-state index contributed by atoms with van der Waals surface area (Å²) >= 11 is 1.68. The summed E-state index contributed by atoms with van der Waals surface area (Å²) in [4.78, 5) is 40.0. The minimum absolute atomic E-state index is 0.00769. The summed E-state index contributed by atoms with van der Waals surface area (Å²) in [7, 11) is 0. The smallest absolute Gasteiger partial charge is 0.259 e. The molecular weight excluding hydrogens is 452 g/mol. The van der Waals surface area contributed by atoms with Gasteiger partial charge in [-0.25, -0.2) is 9.67 Å². The zero-order valence-electron chi connectivity index (χ0n) is 18.6. The lowest BCUT2D eigenvalue weighted by atomic mass is 9.97. The van der Waals surface area contributed by atoms with Crippen LogP contribution in [0.15, 0.2) is 35.4 Å². The summed E-state index contributed by atoms with van der Waals surface area (Å²) in [6.07, 6.45) is 5.87. The molecule has 1 aromatic carbocycles. The standard InChI is InChI=1S/C23H24N8O2S/c32-21-20-17-6-1-2-7-18(17)34-22(20)26-19(25-21)13-29-8-10-30(11-9-29)23(33)15-4-3-5-16(12-15)31-14-24-27-28-31/h3-5,12,14H,1-2,6-11,13H2,(H,25,26,32). The van der Waals surface area contributed by atoms with Gasteiger partial charge in [0.1, 0.15) is 17.0 Å². The third-order valence-corrected chi connectivity index (χ3v) is 7.80. The monoisotopic (exact) mass is 476 g/mol. The van der Waals surface area contributed by atoms with Gasteiger partial charge in [0.15, 0.2) is 0 Å². The van der Waals surface area contributed by atoms with Crippen LogP contribution in [0.1, 0.15) is 39.5 Å². The number of nitrogens with zero attached hydrogens (tertiary/aromatic N) is 7. The van der Waals surface area contributed by atoms with E-state index >= 15 is 0 Å². The van der Waals surface area contributed by atoms with Crippen LogP contribution in [-0.4, -0.2) is 72.1 Å². The van der Waals surface area contributed by atoms with Crippen molar-refractivity contribution in [2.24, 2.45) is 0 Å². The summed E-state index contributed by atoms with van der Waals surface area (Å²) < 4.78 is 1.53. The van der Waals surface area contributed by atoms with Crippen LogP contribution in [0.2, 0.25) is 0 Å². The van der Waals surface area contributed by atoms with Gasteiger partial charge in [-0.3, -0.25) is 14.5 Å². The largest absolute Gasteiger partial charge is 0.336 e. The number of aromatic amines is 1. The molecule has 10 nitrogen and oxygen atoms in total. The predicted molar refractivity (Wildman–Crippen MR) is 127 cm³/mol. The lowest BCUT2D eigenvalue weighted by Gasteiger charge is -2.34. The molecule has 34 heavy (non-hydrogen) atoms. The molecule has 1 N–H and O–H groups in total. The highest BCUT2D eigenvalue weighted by atomic mass is 32.1. The first kappa shape index (κ1) is 21.1. The number of nitrogens with one attached hydrogen (secondary N) is 1. The number of aryl methyl sites for hydroxylation is 2. The number of tetrazole rings is 1. The number of benzene rings is 1. The Morgan fingerprint density at radius 3 is 2.79 bits per heavy atom. The Morgan fingerprint density at radius 1 is 1.12 bits per heavy atom. The molecular formula is C23H24N8O2S. The molecule has 0 bridgehead atoms. The number of aromatic nitrogens is 6. The molecule has 2 aliphatic rings. The number of carbonyl (C=O) groups excluding carboxylic acids is 1. The van der Waals surface area contributed by atoms with Crippen molar-refractivity contribution in [1.82, 2.24) is 40.0 Å². The van der Waals surface area contributed by atoms with Gasteiger partial charge in [0.05, 0.1) is 17.6 Å². The summed E-state index contributed by atoms with van der Waals surface area (Å²) in [6, 6.07) is 7.31. The normalized spacial score (nSPS) is 16.6. The van der Waals surface area contributed by atoms with Crippen molar-refractivity contribution in [3.63, 3.8) is 0 Å². The second kappa shape index (κ2) is 8.73. The highest BCUT2D eigenvalue weighted by Gasteiger charge is 2.24. The molecule has 4 heterocycles. The molecule has 174 valence electrons. The summed E-state index contributed by atoms with van der Waals surface area (Å²) in [5.41, 5.74) is 2.55. The van der Waals surface area contributed by atoms with Crippen molar-refractivity contribution in [2.75, 3.05) is 26.2 Å². The number of fused-ring (bicyclic) bond motifs is 3. The van der Waals surface area contributed by atoms with Crippen LogP contribution in [0.25, 0.3) is 15.9 Å². The quantitative estimate of drug-likeness (QED) is 0.478. The van der Waals surface area contributed by atoms with Crippen molar-refractivity contribution in [1.29, 1.82) is 0 Å². The Labute approximate surface area is 199 Å². The van der Waals surface area contributed by atoms with Crippen LogP contribution in [0.5, 0.6) is 0 Å². The van der Waals surface area contributed by atoms with E-state index in [-0.39, 0.29) is 11.5 Å². The Hall–Kier alpha value is -3.44. The van der Waals surface area contributed by atoms with Crippen molar-refractivity contribution in [2.45, 2.75) is 32.2 Å². The molecule has 1 saturated heterocycles. The van der Waals surface area contributed by atoms with Gasteiger partial charge in [0, 0.05) is 36.6 Å². The third kappa shape index (κ3) is 3.90. The summed E-state index contributed by atoms with van der Waals surface area (Å²) in [6.45, 7) is 3.26. The lowest BCUT2D eigenvalue weighted by Crippen LogP contribution is -2.48. The average Bonchev–Trinajstić information content (AvgIpc) is 3.52. The molecule has 3 aromatic heterocycles. The molecule has 0 atom stereocenters. The maximum atomic E-state index is 13.1. The van der Waals surface area contributed by atoms with E-state index in [4.69, 9.17) is 4.98 Å². The van der Waals surface area contributed by atoms with Crippen molar-refractivity contribution >= 4 is 27.5 Å². The number of rotatable bonds is 4. The Balaban J connectivity index is 1.12. The third-order valence-electron chi connectivity index (χ3n) is 6.61. The van der Waals surface area contributed by atoms with Crippen LogP contribution in [0, 0.1) is 0 Å². The first-order valence-electron chi connectivity index (χ1n) is 11.5. The first-order chi connectivity index (χ1) is 16.7. The van der Waals surface area contributed by atoms with Crippen LogP contribution < -0.4 is 5.56 Å². The number of piperazine rings is 1. The van der Waals surface area contributed by atoms with Gasteiger partial charge in [-0.1, -0.05) is 6.07 Å². The van der Waals surface area contributed by atoms with Gasteiger partial charge in [0.25, 0.3) is 11.5 Å². The van der Waals surface area contributed by atoms with E-state index in [1.807, 2.05) is 23.1 Å². The SMILES string of the molecule is O=C(c1cccc(-n2cnnn2)c1)N1CCN(Cc2nc3sc4c(c3c(=O)[nH]2)CCCC4)CC1. The van der Waals surface area contributed by atoms with Crippen LogP contribution >= 0.6 is 11.3 Å². The molecule has 0 radical (unpaired) electrons. The molecule has 1 fully saturated rings. The topological polar surface area (TPSA) is 113 Å². The van der Waals surface area contributed by atoms with E-state index in [1.54, 1.807) is 17.4 Å². The number of amides is 1. The van der Waals surface area contributed by atoms with Gasteiger partial charge >= 0.3 is 0 Å². The number of thiophene rings is 1. The van der Waals surface area contributed by atoms with E-state index in [1.165, 1.54) is 27.9 Å². The van der Waals surface area contributed by atoms with Gasteiger partial charge in [-0.2, -0.15) is 0 Å². The predicted octanol–water partition coefficient (Wildman–Crippen LogP) is 1.80. The van der Waals surface area contributed by atoms with E-state index in [0.29, 0.717) is 31.0 Å². The van der Waals surface area contributed by atoms with Crippen LogP contribution in [-0.2, 0) is 19.4 Å².